The van der Waals surface area contributed by atoms with Gasteiger partial charge in [0.25, 0.3) is 5.56 Å². The van der Waals surface area contributed by atoms with E-state index >= 15 is 0 Å². The fourth-order valence-corrected chi connectivity index (χ4v) is 3.20. The van der Waals surface area contributed by atoms with Gasteiger partial charge >= 0.3 is 0 Å². The standard InChI is InChI=1S/C17H23N3O2.HI/c1-13-16(12-20-8-6-19(7-9-20)10-11-21)14-4-2-3-5-15(14)17(22)18-13;/h2-5,21H,6-12H2,1H3,(H,18,22);1H. The third-order valence-corrected chi connectivity index (χ3v) is 4.51. The molecule has 126 valence electrons. The fraction of sp³-hybridized carbons (Fsp3) is 0.471. The van der Waals surface area contributed by atoms with Crippen LogP contribution in [0.3, 0.4) is 0 Å². The number of β-amino-alcohol motifs (C(OH)–C–C–N with tert-alkyl or cyclic N) is 1. The van der Waals surface area contributed by atoms with Crippen LogP contribution in [-0.2, 0) is 6.54 Å². The molecular formula is C17H24IN3O2. The maximum absolute atomic E-state index is 12.1. The summed E-state index contributed by atoms with van der Waals surface area (Å²) in [4.78, 5) is 19.7. The van der Waals surface area contributed by atoms with E-state index in [0.29, 0.717) is 0 Å². The van der Waals surface area contributed by atoms with E-state index in [0.717, 1.165) is 55.7 Å². The predicted molar refractivity (Wildman–Crippen MR) is 104 cm³/mol. The minimum atomic E-state index is -0.00962. The zero-order chi connectivity index (χ0) is 15.5. The summed E-state index contributed by atoms with van der Waals surface area (Å²) >= 11 is 0. The number of nitrogens with one attached hydrogen (secondary N) is 1. The smallest absolute Gasteiger partial charge is 0.256 e. The van der Waals surface area contributed by atoms with Crippen LogP contribution in [0.2, 0.25) is 0 Å². The number of aromatic nitrogens is 1. The number of pyridine rings is 1. The molecule has 1 saturated heterocycles. The van der Waals surface area contributed by atoms with Crippen LogP contribution < -0.4 is 5.56 Å². The SMILES string of the molecule is Cc1[nH]c(=O)c2ccccc2c1CN1CCN(CCO)CC1.I. The van der Waals surface area contributed by atoms with Crippen molar-refractivity contribution >= 4 is 34.7 Å². The Balaban J connectivity index is 0.00000192. The largest absolute Gasteiger partial charge is 0.395 e. The van der Waals surface area contributed by atoms with Crippen molar-refractivity contribution < 1.29 is 5.11 Å². The quantitative estimate of drug-likeness (QED) is 0.725. The normalized spacial score (nSPS) is 16.4. The number of benzene rings is 1. The number of H-pyrrole nitrogens is 1. The van der Waals surface area contributed by atoms with Crippen LogP contribution >= 0.6 is 24.0 Å². The molecule has 6 heteroatoms. The molecule has 1 aromatic heterocycles. The highest BCUT2D eigenvalue weighted by Gasteiger charge is 2.18. The number of piperazine rings is 1. The van der Waals surface area contributed by atoms with Crippen LogP contribution in [0.5, 0.6) is 0 Å². The van der Waals surface area contributed by atoms with Crippen LogP contribution in [-0.4, -0.2) is 59.2 Å². The molecule has 2 aromatic rings. The maximum atomic E-state index is 12.1. The second kappa shape index (κ2) is 8.23. The van der Waals surface area contributed by atoms with Gasteiger partial charge in [0, 0.05) is 50.3 Å². The van der Waals surface area contributed by atoms with Gasteiger partial charge in [-0.1, -0.05) is 18.2 Å². The first-order valence-corrected chi connectivity index (χ1v) is 7.85. The summed E-state index contributed by atoms with van der Waals surface area (Å²) in [5.74, 6) is 0. The number of fused-ring (bicyclic) bond motifs is 1. The molecule has 2 heterocycles. The van der Waals surface area contributed by atoms with Gasteiger partial charge < -0.3 is 10.1 Å². The van der Waals surface area contributed by atoms with Crippen molar-refractivity contribution in [1.82, 2.24) is 14.8 Å². The number of hydrogen-bond donors (Lipinski definition) is 2. The Kier molecular flexibility index (Phi) is 6.58. The van der Waals surface area contributed by atoms with Gasteiger partial charge in [0.2, 0.25) is 0 Å². The van der Waals surface area contributed by atoms with Crippen molar-refractivity contribution in [1.29, 1.82) is 0 Å². The first-order chi connectivity index (χ1) is 10.7. The number of rotatable bonds is 4. The Bertz CT molecular complexity index is 709. The molecule has 0 saturated carbocycles. The lowest BCUT2D eigenvalue weighted by Gasteiger charge is -2.34. The van der Waals surface area contributed by atoms with E-state index in [2.05, 4.69) is 14.8 Å². The summed E-state index contributed by atoms with van der Waals surface area (Å²) in [5, 5.41) is 10.8. The Morgan fingerprint density at radius 2 is 1.70 bits per heavy atom. The van der Waals surface area contributed by atoms with Crippen LogP contribution in [0.1, 0.15) is 11.3 Å². The van der Waals surface area contributed by atoms with E-state index in [-0.39, 0.29) is 36.1 Å². The second-order valence-corrected chi connectivity index (χ2v) is 5.94. The molecule has 0 radical (unpaired) electrons. The maximum Gasteiger partial charge on any atom is 0.256 e. The zero-order valence-corrected chi connectivity index (χ0v) is 15.7. The Morgan fingerprint density at radius 3 is 2.35 bits per heavy atom. The Labute approximate surface area is 153 Å². The third-order valence-electron chi connectivity index (χ3n) is 4.51. The van der Waals surface area contributed by atoms with Crippen molar-refractivity contribution in [3.05, 3.63) is 45.9 Å². The van der Waals surface area contributed by atoms with Gasteiger partial charge in [-0.25, -0.2) is 0 Å². The van der Waals surface area contributed by atoms with E-state index in [9.17, 15) is 4.79 Å². The molecule has 0 amide bonds. The van der Waals surface area contributed by atoms with Gasteiger partial charge in [-0.3, -0.25) is 14.6 Å². The van der Waals surface area contributed by atoms with Crippen molar-refractivity contribution in [2.75, 3.05) is 39.3 Å². The first-order valence-electron chi connectivity index (χ1n) is 7.85. The first kappa shape index (κ1) is 18.4. The fourth-order valence-electron chi connectivity index (χ4n) is 3.20. The van der Waals surface area contributed by atoms with Gasteiger partial charge in [0.05, 0.1) is 6.61 Å². The zero-order valence-electron chi connectivity index (χ0n) is 13.4. The predicted octanol–water partition coefficient (Wildman–Crippen LogP) is 1.56. The number of aliphatic hydroxyl groups excluding tert-OH is 1. The molecular weight excluding hydrogens is 405 g/mol. The van der Waals surface area contributed by atoms with Crippen LogP contribution in [0.15, 0.2) is 29.1 Å². The number of nitrogens with zero attached hydrogens (tertiary/aromatic N) is 2. The third kappa shape index (κ3) is 4.12. The van der Waals surface area contributed by atoms with Crippen LogP contribution in [0.4, 0.5) is 0 Å². The monoisotopic (exact) mass is 429 g/mol. The molecule has 23 heavy (non-hydrogen) atoms. The molecule has 0 atom stereocenters. The molecule has 2 N–H and O–H groups in total. The number of aryl methyl sites for hydroxylation is 1. The molecule has 1 aliphatic heterocycles. The number of aliphatic hydroxyl groups is 1. The Hall–Kier alpha value is -0.960. The highest BCUT2D eigenvalue weighted by atomic mass is 127. The number of aromatic amines is 1. The highest BCUT2D eigenvalue weighted by molar-refractivity contribution is 14.0. The van der Waals surface area contributed by atoms with Gasteiger partial charge in [-0.2, -0.15) is 0 Å². The average molecular weight is 429 g/mol. The molecule has 3 rings (SSSR count). The summed E-state index contributed by atoms with van der Waals surface area (Å²) in [7, 11) is 0. The van der Waals surface area contributed by atoms with Crippen molar-refractivity contribution in [2.45, 2.75) is 13.5 Å². The minimum Gasteiger partial charge on any atom is -0.395 e. The van der Waals surface area contributed by atoms with Crippen LogP contribution in [0, 0.1) is 6.92 Å². The lowest BCUT2D eigenvalue weighted by atomic mass is 10.0. The van der Waals surface area contributed by atoms with Gasteiger partial charge in [-0.05, 0) is 23.9 Å². The van der Waals surface area contributed by atoms with E-state index in [1.807, 2.05) is 31.2 Å². The molecule has 0 unspecified atom stereocenters. The van der Waals surface area contributed by atoms with E-state index < -0.39 is 0 Å². The van der Waals surface area contributed by atoms with E-state index in [4.69, 9.17) is 5.11 Å². The van der Waals surface area contributed by atoms with Crippen molar-refractivity contribution in [3.8, 4) is 0 Å². The topological polar surface area (TPSA) is 59.6 Å². The summed E-state index contributed by atoms with van der Waals surface area (Å²) in [6.07, 6.45) is 0. The van der Waals surface area contributed by atoms with Gasteiger partial charge in [0.1, 0.15) is 0 Å². The summed E-state index contributed by atoms with van der Waals surface area (Å²) < 4.78 is 0. The molecule has 1 aliphatic rings. The molecule has 1 aromatic carbocycles. The molecule has 0 bridgehead atoms. The summed E-state index contributed by atoms with van der Waals surface area (Å²) in [5.41, 5.74) is 2.16. The molecule has 1 fully saturated rings. The molecule has 0 spiro atoms. The number of hydrogen-bond acceptors (Lipinski definition) is 4. The summed E-state index contributed by atoms with van der Waals surface area (Å²) in [6, 6.07) is 7.82. The molecule has 5 nitrogen and oxygen atoms in total. The van der Waals surface area contributed by atoms with Gasteiger partial charge in [0.15, 0.2) is 0 Å². The van der Waals surface area contributed by atoms with Crippen molar-refractivity contribution in [3.63, 3.8) is 0 Å². The second-order valence-electron chi connectivity index (χ2n) is 5.94. The average Bonchev–Trinajstić information content (AvgIpc) is 2.53. The lowest BCUT2D eigenvalue weighted by molar-refractivity contribution is 0.108. The number of halogens is 1. The van der Waals surface area contributed by atoms with E-state index in [1.54, 1.807) is 0 Å². The van der Waals surface area contributed by atoms with Crippen LogP contribution in [0.25, 0.3) is 10.8 Å². The van der Waals surface area contributed by atoms with Gasteiger partial charge in [-0.15, -0.1) is 24.0 Å². The highest BCUT2D eigenvalue weighted by Crippen LogP contribution is 2.20. The Morgan fingerprint density at radius 1 is 1.09 bits per heavy atom. The minimum absolute atomic E-state index is 0. The van der Waals surface area contributed by atoms with Crippen molar-refractivity contribution in [2.24, 2.45) is 0 Å². The van der Waals surface area contributed by atoms with E-state index in [1.165, 1.54) is 5.56 Å². The summed E-state index contributed by atoms with van der Waals surface area (Å²) in [6.45, 7) is 7.78. The molecule has 0 aliphatic carbocycles. The lowest BCUT2D eigenvalue weighted by Crippen LogP contribution is -2.46.